The van der Waals surface area contributed by atoms with Crippen molar-refractivity contribution >= 4 is 11.9 Å². The van der Waals surface area contributed by atoms with Crippen LogP contribution in [0.1, 0.15) is 102 Å². The molecule has 3 fully saturated rings. The van der Waals surface area contributed by atoms with E-state index in [0.717, 1.165) is 6.42 Å². The van der Waals surface area contributed by atoms with Crippen molar-refractivity contribution in [2.24, 2.45) is 47.3 Å². The summed E-state index contributed by atoms with van der Waals surface area (Å²) in [5.41, 5.74) is 0. The van der Waals surface area contributed by atoms with Gasteiger partial charge >= 0.3 is 11.9 Å². The predicted octanol–water partition coefficient (Wildman–Crippen LogP) is 5.81. The fraction of sp³-hybridized carbons (Fsp3) is 0.800. The first-order chi connectivity index (χ1) is 30.6. The second-order valence-electron chi connectivity index (χ2n) is 19.3. The maximum Gasteiger partial charge on any atom is 0.331 e. The van der Waals surface area contributed by atoms with Gasteiger partial charge in [0.2, 0.25) is 0 Å². The number of methoxy groups -OCH3 is 3. The molecule has 3 saturated heterocycles. The van der Waals surface area contributed by atoms with Gasteiger partial charge in [-0.15, -0.1) is 0 Å². The van der Waals surface area contributed by atoms with E-state index in [-0.39, 0.29) is 43.0 Å². The van der Waals surface area contributed by atoms with Gasteiger partial charge in [-0.1, -0.05) is 91.8 Å². The number of carbonyl (C=O) groups excluding carboxylic acids is 2. The highest BCUT2D eigenvalue weighted by molar-refractivity contribution is 5.83. The summed E-state index contributed by atoms with van der Waals surface area (Å²) in [5, 5.41) is 44.7. The Hall–Kier alpha value is -2.54. The summed E-state index contributed by atoms with van der Waals surface area (Å²) in [5.74, 6) is -6.84. The highest BCUT2D eigenvalue weighted by atomic mass is 16.7. The van der Waals surface area contributed by atoms with Gasteiger partial charge in [-0.25, -0.2) is 9.59 Å². The van der Waals surface area contributed by atoms with Gasteiger partial charge in [0.05, 0.1) is 48.8 Å². The molecule has 0 amide bonds. The molecule has 4 heterocycles. The number of hydrogen-bond acceptors (Lipinski definition) is 15. The number of cyclic esters (lactones) is 2. The Labute approximate surface area is 387 Å². The number of aliphatic hydroxyl groups is 4. The van der Waals surface area contributed by atoms with E-state index in [4.69, 9.17) is 42.6 Å². The van der Waals surface area contributed by atoms with Crippen LogP contribution in [-0.2, 0) is 52.2 Å². The molecule has 0 aromatic heterocycles. The van der Waals surface area contributed by atoms with E-state index in [9.17, 15) is 30.0 Å². The van der Waals surface area contributed by atoms with Crippen LogP contribution in [0.2, 0.25) is 0 Å². The molecule has 15 nitrogen and oxygen atoms in total. The summed E-state index contributed by atoms with van der Waals surface area (Å²) in [6.07, 6.45) is 6.05. The highest BCUT2D eigenvalue weighted by Gasteiger charge is 2.54. The molecule has 0 aromatic carbocycles. The average Bonchev–Trinajstić information content (AvgIpc) is 3.28. The molecule has 4 aliphatic rings. The van der Waals surface area contributed by atoms with Gasteiger partial charge in [0, 0.05) is 100 Å². The third-order valence-corrected chi connectivity index (χ3v) is 15.2. The largest absolute Gasteiger partial charge is 0.458 e. The van der Waals surface area contributed by atoms with Gasteiger partial charge in [0.25, 0.3) is 0 Å². The maximum atomic E-state index is 13.5. The Bertz CT molecular complexity index is 1620. The van der Waals surface area contributed by atoms with Crippen molar-refractivity contribution in [2.75, 3.05) is 21.3 Å². The third kappa shape index (κ3) is 13.0. The van der Waals surface area contributed by atoms with Crippen LogP contribution < -0.4 is 0 Å². The fourth-order valence-corrected chi connectivity index (χ4v) is 10.5. The molecule has 65 heavy (non-hydrogen) atoms. The van der Waals surface area contributed by atoms with Gasteiger partial charge in [-0.2, -0.15) is 0 Å². The molecule has 4 N–H and O–H groups in total. The topological polar surface area (TPSA) is 198 Å². The van der Waals surface area contributed by atoms with Crippen LogP contribution >= 0.6 is 0 Å². The Morgan fingerprint density at radius 2 is 1.15 bits per heavy atom. The first-order valence-electron chi connectivity index (χ1n) is 23.7. The summed E-state index contributed by atoms with van der Waals surface area (Å²) in [6.45, 7) is 20.8. The van der Waals surface area contributed by atoms with Crippen molar-refractivity contribution in [2.45, 2.75) is 187 Å². The highest BCUT2D eigenvalue weighted by Crippen LogP contribution is 2.45. The van der Waals surface area contributed by atoms with E-state index in [1.807, 2.05) is 55.4 Å². The first kappa shape index (κ1) is 55.1. The van der Waals surface area contributed by atoms with Crippen LogP contribution in [0.5, 0.6) is 0 Å². The van der Waals surface area contributed by atoms with E-state index >= 15 is 0 Å². The Balaban J connectivity index is 1.52. The molecule has 0 aromatic rings. The Kier molecular flexibility index (Phi) is 20.5. The maximum absolute atomic E-state index is 13.5. The van der Waals surface area contributed by atoms with Crippen molar-refractivity contribution < 1.29 is 72.6 Å². The molecular formula is C50H82O15. The minimum Gasteiger partial charge on any atom is -0.458 e. The lowest BCUT2D eigenvalue weighted by Crippen LogP contribution is -2.59. The molecule has 22 atom stereocenters. The average molecular weight is 923 g/mol. The summed E-state index contributed by atoms with van der Waals surface area (Å²) in [6, 6.07) is 0. The van der Waals surface area contributed by atoms with Crippen LogP contribution in [0.4, 0.5) is 0 Å². The number of carbonyl (C=O) groups is 2. The quantitative estimate of drug-likeness (QED) is 0.152. The van der Waals surface area contributed by atoms with Gasteiger partial charge in [-0.3, -0.25) is 0 Å². The van der Waals surface area contributed by atoms with Gasteiger partial charge in [0.1, 0.15) is 18.3 Å². The summed E-state index contributed by atoms with van der Waals surface area (Å²) in [7, 11) is 4.78. The number of esters is 2. The SMILES string of the molecule is CCC1C(C)OC(OC)(C(C)C(O)C(C)C2OC(=O)C=CC=CC(C)C(C(C)C(O)C(C)C3(OC)CC(OC4CC(O)C(O)C(C)O4)C(C)C(C)O3)OC(=O)C=CC=CC2C)CC1OC. The Morgan fingerprint density at radius 3 is 1.58 bits per heavy atom. The molecule has 15 heteroatoms. The second kappa shape index (κ2) is 24.1. The van der Waals surface area contributed by atoms with Crippen LogP contribution in [0.15, 0.2) is 48.6 Å². The molecule has 22 unspecified atom stereocenters. The minimum atomic E-state index is -1.31. The fourth-order valence-electron chi connectivity index (χ4n) is 10.5. The van der Waals surface area contributed by atoms with Crippen molar-refractivity contribution in [3.63, 3.8) is 0 Å². The molecule has 4 aliphatic heterocycles. The van der Waals surface area contributed by atoms with Crippen LogP contribution in [-0.4, -0.2) is 139 Å². The lowest BCUT2D eigenvalue weighted by molar-refractivity contribution is -0.350. The molecule has 0 aliphatic carbocycles. The number of allylic oxidation sites excluding steroid dienone is 4. The van der Waals surface area contributed by atoms with Gasteiger partial charge in [-0.05, 0) is 27.2 Å². The molecule has 0 bridgehead atoms. The van der Waals surface area contributed by atoms with Crippen molar-refractivity contribution in [1.29, 1.82) is 0 Å². The zero-order chi connectivity index (χ0) is 48.6. The van der Waals surface area contributed by atoms with Crippen LogP contribution in [0, 0.1) is 47.3 Å². The van der Waals surface area contributed by atoms with Crippen LogP contribution in [0.3, 0.4) is 0 Å². The number of rotatable bonds is 14. The summed E-state index contributed by atoms with van der Waals surface area (Å²) in [4.78, 5) is 26.9. The standard InChI is InChI=1S/C50H82O15/c1-15-37-35(10)65-50(59-14,26-40(37)57-12)33(8)45(55)31(6)48-28(3)21-17-19-22-41(52)62-47(27(2)20-16-18-23-42(53)63-48)30(5)44(54)32(7)49(58-13)25-39(29(4)34(9)64-49)61-43-24-38(51)46(56)36(11)60-43/h16-23,27-40,43-48,51,54-56H,15,24-26H2,1-14H3. The normalized spacial score (nSPS) is 41.8. The number of ether oxygens (including phenoxy) is 9. The van der Waals surface area contributed by atoms with Gasteiger partial charge in [0.15, 0.2) is 17.9 Å². The first-order valence-corrected chi connectivity index (χ1v) is 23.7. The minimum absolute atomic E-state index is 0.0991. The van der Waals surface area contributed by atoms with E-state index in [0.29, 0.717) is 6.42 Å². The molecule has 0 saturated carbocycles. The lowest BCUT2D eigenvalue weighted by Gasteiger charge is -2.51. The van der Waals surface area contributed by atoms with E-state index in [1.165, 1.54) is 19.3 Å². The molecule has 0 radical (unpaired) electrons. The van der Waals surface area contributed by atoms with Crippen molar-refractivity contribution in [3.05, 3.63) is 48.6 Å². The smallest absolute Gasteiger partial charge is 0.331 e. The van der Waals surface area contributed by atoms with Crippen molar-refractivity contribution in [3.8, 4) is 0 Å². The van der Waals surface area contributed by atoms with Crippen molar-refractivity contribution in [1.82, 2.24) is 0 Å². The lowest BCUT2D eigenvalue weighted by atomic mass is 9.76. The zero-order valence-electron chi connectivity index (χ0n) is 41.3. The molecule has 4 rings (SSSR count). The van der Waals surface area contributed by atoms with E-state index in [1.54, 1.807) is 64.5 Å². The Morgan fingerprint density at radius 1 is 0.692 bits per heavy atom. The summed E-state index contributed by atoms with van der Waals surface area (Å²) >= 11 is 0. The predicted molar refractivity (Wildman–Crippen MR) is 243 cm³/mol. The van der Waals surface area contributed by atoms with Gasteiger partial charge < -0.3 is 63.1 Å². The monoisotopic (exact) mass is 923 g/mol. The van der Waals surface area contributed by atoms with Crippen LogP contribution in [0.25, 0.3) is 0 Å². The molecule has 0 spiro atoms. The molecule has 372 valence electrons. The number of aliphatic hydroxyl groups excluding tert-OH is 4. The van der Waals surface area contributed by atoms with E-state index < -0.39 is 114 Å². The van der Waals surface area contributed by atoms with E-state index in [2.05, 4.69) is 6.92 Å². The number of hydrogen-bond donors (Lipinski definition) is 4. The second-order valence-corrected chi connectivity index (χ2v) is 19.3. The zero-order valence-corrected chi connectivity index (χ0v) is 41.3. The molecular weight excluding hydrogens is 841 g/mol. The third-order valence-electron chi connectivity index (χ3n) is 15.2. The summed E-state index contributed by atoms with van der Waals surface area (Å²) < 4.78 is 55.6.